The third-order valence-electron chi connectivity index (χ3n) is 3.09. The van der Waals surface area contributed by atoms with Crippen molar-refractivity contribution in [1.29, 1.82) is 0 Å². The molecule has 0 bridgehead atoms. The molecule has 20 heavy (non-hydrogen) atoms. The van der Waals surface area contributed by atoms with Gasteiger partial charge >= 0.3 is 0 Å². The van der Waals surface area contributed by atoms with Crippen LogP contribution < -0.4 is 0 Å². The van der Waals surface area contributed by atoms with Crippen LogP contribution in [0.2, 0.25) is 0 Å². The second kappa shape index (κ2) is 5.28. The van der Waals surface area contributed by atoms with E-state index in [-0.39, 0.29) is 0 Å². The molecule has 0 saturated heterocycles. The maximum absolute atomic E-state index is 4.55. The van der Waals surface area contributed by atoms with Gasteiger partial charge in [-0.1, -0.05) is 32.0 Å². The smallest absolute Gasteiger partial charge is 0.181 e. The molecule has 5 nitrogen and oxygen atoms in total. The standard InChI is InChI=1S/C15H17N5/c1-10(2)6-14-18-15(20-19-14)12-5-3-4-11(7-12)13-8-16-17-9-13/h3-5,7-10H,6H2,1-2H3,(H,16,17)(H,18,19,20). The largest absolute Gasteiger partial charge is 0.285 e. The molecule has 2 aromatic heterocycles. The minimum atomic E-state index is 0.563. The van der Waals surface area contributed by atoms with Crippen LogP contribution in [0.5, 0.6) is 0 Å². The highest BCUT2D eigenvalue weighted by atomic mass is 15.2. The zero-order chi connectivity index (χ0) is 13.9. The molecule has 3 rings (SSSR count). The van der Waals surface area contributed by atoms with E-state index in [9.17, 15) is 0 Å². The molecule has 0 amide bonds. The number of benzene rings is 1. The summed E-state index contributed by atoms with van der Waals surface area (Å²) < 4.78 is 0. The Morgan fingerprint density at radius 3 is 2.75 bits per heavy atom. The van der Waals surface area contributed by atoms with Crippen LogP contribution in [0.1, 0.15) is 19.7 Å². The molecule has 102 valence electrons. The molecular weight excluding hydrogens is 250 g/mol. The number of rotatable bonds is 4. The summed E-state index contributed by atoms with van der Waals surface area (Å²) in [4.78, 5) is 4.55. The Labute approximate surface area is 117 Å². The SMILES string of the molecule is CC(C)Cc1nc(-c2cccc(-c3cn[nH]c3)c2)n[nH]1. The van der Waals surface area contributed by atoms with Gasteiger partial charge in [-0.2, -0.15) is 10.2 Å². The molecule has 0 saturated carbocycles. The van der Waals surface area contributed by atoms with E-state index in [1.807, 2.05) is 18.3 Å². The molecule has 0 spiro atoms. The van der Waals surface area contributed by atoms with Gasteiger partial charge in [-0.15, -0.1) is 0 Å². The summed E-state index contributed by atoms with van der Waals surface area (Å²) in [6.45, 7) is 4.34. The van der Waals surface area contributed by atoms with Crippen molar-refractivity contribution in [1.82, 2.24) is 25.4 Å². The Hall–Kier alpha value is -2.43. The van der Waals surface area contributed by atoms with E-state index in [1.54, 1.807) is 6.20 Å². The Bertz CT molecular complexity index is 682. The third-order valence-corrected chi connectivity index (χ3v) is 3.09. The highest BCUT2D eigenvalue weighted by molar-refractivity contribution is 5.69. The highest BCUT2D eigenvalue weighted by Crippen LogP contribution is 2.23. The summed E-state index contributed by atoms with van der Waals surface area (Å²) in [5, 5.41) is 14.1. The molecule has 0 atom stereocenters. The fraction of sp³-hybridized carbons (Fsp3) is 0.267. The first-order chi connectivity index (χ1) is 9.72. The number of hydrogen-bond acceptors (Lipinski definition) is 3. The van der Waals surface area contributed by atoms with E-state index >= 15 is 0 Å². The molecular formula is C15H17N5. The lowest BCUT2D eigenvalue weighted by molar-refractivity contribution is 0.622. The maximum Gasteiger partial charge on any atom is 0.181 e. The lowest BCUT2D eigenvalue weighted by Gasteiger charge is -2.00. The second-order valence-electron chi connectivity index (χ2n) is 5.27. The van der Waals surface area contributed by atoms with E-state index in [0.29, 0.717) is 5.92 Å². The van der Waals surface area contributed by atoms with Gasteiger partial charge in [0.2, 0.25) is 0 Å². The van der Waals surface area contributed by atoms with Crippen LogP contribution in [-0.2, 0) is 6.42 Å². The van der Waals surface area contributed by atoms with Gasteiger partial charge in [0, 0.05) is 23.7 Å². The van der Waals surface area contributed by atoms with Crippen molar-refractivity contribution in [3.05, 3.63) is 42.5 Å². The fourth-order valence-corrected chi connectivity index (χ4v) is 2.15. The van der Waals surface area contributed by atoms with Gasteiger partial charge in [0.25, 0.3) is 0 Å². The minimum absolute atomic E-state index is 0.563. The summed E-state index contributed by atoms with van der Waals surface area (Å²) in [6, 6.07) is 8.16. The Morgan fingerprint density at radius 2 is 2.00 bits per heavy atom. The van der Waals surface area contributed by atoms with Gasteiger partial charge in [-0.25, -0.2) is 4.98 Å². The van der Waals surface area contributed by atoms with E-state index in [4.69, 9.17) is 0 Å². The maximum atomic E-state index is 4.55. The average molecular weight is 267 g/mol. The van der Waals surface area contributed by atoms with Gasteiger partial charge in [-0.3, -0.25) is 10.2 Å². The first-order valence-electron chi connectivity index (χ1n) is 6.73. The lowest BCUT2D eigenvalue weighted by atomic mass is 10.1. The number of aromatic nitrogens is 5. The van der Waals surface area contributed by atoms with Crippen LogP contribution in [0.4, 0.5) is 0 Å². The Balaban J connectivity index is 1.90. The van der Waals surface area contributed by atoms with E-state index < -0.39 is 0 Å². The molecule has 3 aromatic rings. The normalized spacial score (nSPS) is 11.2. The van der Waals surface area contributed by atoms with Crippen molar-refractivity contribution in [2.24, 2.45) is 5.92 Å². The zero-order valence-electron chi connectivity index (χ0n) is 11.6. The topological polar surface area (TPSA) is 70.2 Å². The van der Waals surface area contributed by atoms with Crippen molar-refractivity contribution in [2.75, 3.05) is 0 Å². The molecule has 0 aliphatic rings. The van der Waals surface area contributed by atoms with Crippen molar-refractivity contribution in [3.8, 4) is 22.5 Å². The van der Waals surface area contributed by atoms with Gasteiger partial charge < -0.3 is 0 Å². The number of H-pyrrole nitrogens is 2. The molecule has 5 heteroatoms. The van der Waals surface area contributed by atoms with Crippen molar-refractivity contribution in [2.45, 2.75) is 20.3 Å². The fourth-order valence-electron chi connectivity index (χ4n) is 2.15. The Kier molecular flexibility index (Phi) is 3.33. The van der Waals surface area contributed by atoms with Crippen molar-refractivity contribution in [3.63, 3.8) is 0 Å². The molecule has 0 fully saturated rings. The zero-order valence-corrected chi connectivity index (χ0v) is 11.6. The van der Waals surface area contributed by atoms with Crippen LogP contribution >= 0.6 is 0 Å². The summed E-state index contributed by atoms with van der Waals surface area (Å²) in [6.07, 6.45) is 4.59. The molecule has 0 aliphatic carbocycles. The quantitative estimate of drug-likeness (QED) is 0.763. The molecule has 0 aliphatic heterocycles. The number of nitrogens with one attached hydrogen (secondary N) is 2. The van der Waals surface area contributed by atoms with Crippen LogP contribution in [0.25, 0.3) is 22.5 Å². The Morgan fingerprint density at radius 1 is 1.15 bits per heavy atom. The van der Waals surface area contributed by atoms with Crippen molar-refractivity contribution < 1.29 is 0 Å². The monoisotopic (exact) mass is 267 g/mol. The number of hydrogen-bond donors (Lipinski definition) is 2. The van der Waals surface area contributed by atoms with Crippen LogP contribution in [-0.4, -0.2) is 25.4 Å². The van der Waals surface area contributed by atoms with Crippen LogP contribution in [0.15, 0.2) is 36.7 Å². The molecule has 1 aromatic carbocycles. The van der Waals surface area contributed by atoms with E-state index in [2.05, 4.69) is 51.4 Å². The minimum Gasteiger partial charge on any atom is -0.285 e. The molecule has 0 unspecified atom stereocenters. The second-order valence-corrected chi connectivity index (χ2v) is 5.27. The predicted molar refractivity (Wildman–Crippen MR) is 77.9 cm³/mol. The molecule has 0 radical (unpaired) electrons. The van der Waals surface area contributed by atoms with Gasteiger partial charge in [0.15, 0.2) is 5.82 Å². The van der Waals surface area contributed by atoms with Crippen LogP contribution in [0.3, 0.4) is 0 Å². The van der Waals surface area contributed by atoms with Crippen molar-refractivity contribution >= 4 is 0 Å². The molecule has 2 heterocycles. The summed E-state index contributed by atoms with van der Waals surface area (Å²) in [7, 11) is 0. The summed E-state index contributed by atoms with van der Waals surface area (Å²) >= 11 is 0. The van der Waals surface area contributed by atoms with E-state index in [0.717, 1.165) is 34.8 Å². The van der Waals surface area contributed by atoms with Crippen LogP contribution in [0, 0.1) is 5.92 Å². The lowest BCUT2D eigenvalue weighted by Crippen LogP contribution is -1.95. The first-order valence-corrected chi connectivity index (χ1v) is 6.73. The van der Waals surface area contributed by atoms with Gasteiger partial charge in [0.1, 0.15) is 5.82 Å². The first kappa shape index (κ1) is 12.6. The molecule has 2 N–H and O–H groups in total. The third kappa shape index (κ3) is 2.61. The number of aromatic amines is 2. The van der Waals surface area contributed by atoms with E-state index in [1.165, 1.54) is 0 Å². The van der Waals surface area contributed by atoms with Gasteiger partial charge in [-0.05, 0) is 17.5 Å². The predicted octanol–water partition coefficient (Wildman–Crippen LogP) is 3.06. The summed E-state index contributed by atoms with van der Waals surface area (Å²) in [5.41, 5.74) is 3.17. The van der Waals surface area contributed by atoms with Gasteiger partial charge in [0.05, 0.1) is 6.20 Å². The summed E-state index contributed by atoms with van der Waals surface area (Å²) in [5.74, 6) is 2.24. The number of nitrogens with zero attached hydrogens (tertiary/aromatic N) is 3. The highest BCUT2D eigenvalue weighted by Gasteiger charge is 2.08. The average Bonchev–Trinajstić information content (AvgIpc) is 3.09.